The molecule has 0 aromatic heterocycles. The van der Waals surface area contributed by atoms with Gasteiger partial charge in [0.25, 0.3) is 0 Å². The second-order valence-corrected chi connectivity index (χ2v) is 5.59. The van der Waals surface area contributed by atoms with E-state index in [1.165, 1.54) is 12.8 Å². The fourth-order valence-electron chi connectivity index (χ4n) is 1.85. The number of esters is 2. The zero-order chi connectivity index (χ0) is 16.9. The van der Waals surface area contributed by atoms with Gasteiger partial charge in [0.1, 0.15) is 6.61 Å². The normalized spacial score (nSPS) is 10.7. The van der Waals surface area contributed by atoms with E-state index in [1.54, 1.807) is 24.3 Å². The van der Waals surface area contributed by atoms with Crippen LogP contribution >= 0.6 is 11.6 Å². The molecule has 0 saturated carbocycles. The Balaban J connectivity index is 2.16. The molecule has 23 heavy (non-hydrogen) atoms. The predicted molar refractivity (Wildman–Crippen MR) is 90.1 cm³/mol. The molecule has 1 aromatic carbocycles. The molecule has 0 amide bonds. The molecule has 126 valence electrons. The molecule has 0 aliphatic rings. The van der Waals surface area contributed by atoms with Crippen LogP contribution in [0.5, 0.6) is 0 Å². The molecule has 0 atom stereocenters. The minimum Gasteiger partial charge on any atom is -0.463 e. The molecule has 0 heterocycles. The summed E-state index contributed by atoms with van der Waals surface area (Å²) < 4.78 is 10.0. The van der Waals surface area contributed by atoms with Crippen molar-refractivity contribution in [1.29, 1.82) is 0 Å². The molecule has 0 N–H and O–H groups in total. The van der Waals surface area contributed by atoms with E-state index in [2.05, 4.69) is 6.92 Å². The van der Waals surface area contributed by atoms with Crippen LogP contribution in [0.2, 0.25) is 5.02 Å². The third-order valence-electron chi connectivity index (χ3n) is 3.14. The monoisotopic (exact) mass is 338 g/mol. The number of hydrogen-bond donors (Lipinski definition) is 0. The maximum atomic E-state index is 11.5. The van der Waals surface area contributed by atoms with Crippen molar-refractivity contribution in [2.75, 3.05) is 6.61 Å². The van der Waals surface area contributed by atoms with Gasteiger partial charge in [0.05, 0.1) is 6.61 Å². The molecule has 0 saturated heterocycles. The summed E-state index contributed by atoms with van der Waals surface area (Å²) >= 11 is 5.77. The van der Waals surface area contributed by atoms with Crippen LogP contribution < -0.4 is 0 Å². The summed E-state index contributed by atoms with van der Waals surface area (Å²) in [5, 5.41) is 0.623. The van der Waals surface area contributed by atoms with Gasteiger partial charge in [0, 0.05) is 17.2 Å². The number of halogens is 1. The van der Waals surface area contributed by atoms with Crippen molar-refractivity contribution < 1.29 is 19.1 Å². The molecule has 0 unspecified atom stereocenters. The number of ether oxygens (including phenoxy) is 2. The second-order valence-electron chi connectivity index (χ2n) is 5.15. The van der Waals surface area contributed by atoms with Gasteiger partial charge in [-0.3, -0.25) is 0 Å². The molecule has 0 fully saturated rings. The Bertz CT molecular complexity index is 508. The molecule has 4 nitrogen and oxygen atoms in total. The Morgan fingerprint density at radius 1 is 0.957 bits per heavy atom. The van der Waals surface area contributed by atoms with Gasteiger partial charge in [-0.1, -0.05) is 56.3 Å². The van der Waals surface area contributed by atoms with Crippen molar-refractivity contribution in [3.63, 3.8) is 0 Å². The lowest BCUT2D eigenvalue weighted by atomic mass is 10.2. The number of rotatable bonds is 10. The van der Waals surface area contributed by atoms with Gasteiger partial charge < -0.3 is 9.47 Å². The van der Waals surface area contributed by atoms with Crippen molar-refractivity contribution in [1.82, 2.24) is 0 Å². The zero-order valence-corrected chi connectivity index (χ0v) is 14.2. The number of carbonyl (C=O) groups excluding carboxylic acids is 2. The van der Waals surface area contributed by atoms with Crippen molar-refractivity contribution >= 4 is 23.5 Å². The van der Waals surface area contributed by atoms with Gasteiger partial charge in [0.2, 0.25) is 0 Å². The Morgan fingerprint density at radius 2 is 1.57 bits per heavy atom. The van der Waals surface area contributed by atoms with E-state index in [0.29, 0.717) is 11.6 Å². The molecule has 0 bridgehead atoms. The minimum absolute atomic E-state index is 0.132. The van der Waals surface area contributed by atoms with Gasteiger partial charge in [-0.05, 0) is 24.1 Å². The molecular formula is C18H23ClO4. The van der Waals surface area contributed by atoms with Crippen molar-refractivity contribution in [2.45, 2.75) is 45.6 Å². The average Bonchev–Trinajstić information content (AvgIpc) is 2.55. The van der Waals surface area contributed by atoms with Crippen molar-refractivity contribution in [3.8, 4) is 0 Å². The van der Waals surface area contributed by atoms with Crippen LogP contribution in [0.3, 0.4) is 0 Å². The summed E-state index contributed by atoms with van der Waals surface area (Å²) in [6, 6.07) is 6.98. The van der Waals surface area contributed by atoms with Crippen molar-refractivity contribution in [3.05, 3.63) is 47.0 Å². The van der Waals surface area contributed by atoms with Gasteiger partial charge in [0.15, 0.2) is 0 Å². The van der Waals surface area contributed by atoms with E-state index in [4.69, 9.17) is 21.1 Å². The number of unbranched alkanes of at least 4 members (excludes halogenated alkanes) is 4. The summed E-state index contributed by atoms with van der Waals surface area (Å²) in [5.41, 5.74) is 0.825. The molecule has 0 spiro atoms. The van der Waals surface area contributed by atoms with Gasteiger partial charge in [-0.2, -0.15) is 0 Å². The van der Waals surface area contributed by atoms with Crippen LogP contribution in [0, 0.1) is 0 Å². The van der Waals surface area contributed by atoms with E-state index in [0.717, 1.165) is 37.0 Å². The lowest BCUT2D eigenvalue weighted by molar-refractivity contribution is -0.141. The highest BCUT2D eigenvalue weighted by atomic mass is 35.5. The van der Waals surface area contributed by atoms with E-state index in [9.17, 15) is 9.59 Å². The summed E-state index contributed by atoms with van der Waals surface area (Å²) in [6.45, 7) is 2.66. The van der Waals surface area contributed by atoms with Gasteiger partial charge in [-0.25, -0.2) is 9.59 Å². The summed E-state index contributed by atoms with van der Waals surface area (Å²) in [6.07, 6.45) is 7.61. The zero-order valence-electron chi connectivity index (χ0n) is 13.4. The third-order valence-corrected chi connectivity index (χ3v) is 3.39. The summed E-state index contributed by atoms with van der Waals surface area (Å²) in [7, 11) is 0. The Kier molecular flexibility index (Phi) is 9.80. The summed E-state index contributed by atoms with van der Waals surface area (Å²) in [5.74, 6) is -1.11. The SMILES string of the molecule is CCCCCCCOC(=O)/C=C/C(=O)OCc1ccc(Cl)cc1. The van der Waals surface area contributed by atoms with Crippen LogP contribution in [-0.2, 0) is 25.7 Å². The van der Waals surface area contributed by atoms with Crippen LogP contribution in [0.15, 0.2) is 36.4 Å². The fraction of sp³-hybridized carbons (Fsp3) is 0.444. The lowest BCUT2D eigenvalue weighted by Crippen LogP contribution is -2.05. The second kappa shape index (κ2) is 11.7. The topological polar surface area (TPSA) is 52.6 Å². The van der Waals surface area contributed by atoms with E-state index in [1.807, 2.05) is 0 Å². The number of benzene rings is 1. The highest BCUT2D eigenvalue weighted by molar-refractivity contribution is 6.30. The van der Waals surface area contributed by atoms with Crippen LogP contribution in [-0.4, -0.2) is 18.5 Å². The first-order valence-electron chi connectivity index (χ1n) is 7.88. The Morgan fingerprint density at radius 3 is 2.22 bits per heavy atom. The quantitative estimate of drug-likeness (QED) is 0.359. The average molecular weight is 339 g/mol. The van der Waals surface area contributed by atoms with Gasteiger partial charge in [-0.15, -0.1) is 0 Å². The largest absolute Gasteiger partial charge is 0.463 e. The third kappa shape index (κ3) is 9.74. The van der Waals surface area contributed by atoms with E-state index >= 15 is 0 Å². The molecule has 0 radical (unpaired) electrons. The predicted octanol–water partition coefficient (Wildman–Crippen LogP) is 4.45. The van der Waals surface area contributed by atoms with Crippen LogP contribution in [0.25, 0.3) is 0 Å². The first kappa shape index (κ1) is 19.2. The first-order chi connectivity index (χ1) is 11.1. The first-order valence-corrected chi connectivity index (χ1v) is 8.25. The molecule has 1 rings (SSSR count). The van der Waals surface area contributed by atoms with E-state index < -0.39 is 11.9 Å². The highest BCUT2D eigenvalue weighted by Crippen LogP contribution is 2.10. The molecule has 0 aliphatic carbocycles. The molecule has 1 aromatic rings. The fourth-order valence-corrected chi connectivity index (χ4v) is 1.97. The number of hydrogen-bond acceptors (Lipinski definition) is 4. The standard InChI is InChI=1S/C18H23ClO4/c1-2-3-4-5-6-13-22-17(20)11-12-18(21)23-14-15-7-9-16(19)10-8-15/h7-12H,2-6,13-14H2,1H3/b12-11+. The van der Waals surface area contributed by atoms with Crippen molar-refractivity contribution in [2.24, 2.45) is 0 Å². The minimum atomic E-state index is -0.583. The Labute approximate surface area is 142 Å². The Hall–Kier alpha value is -1.81. The molecular weight excluding hydrogens is 316 g/mol. The summed E-state index contributed by atoms with van der Waals surface area (Å²) in [4.78, 5) is 22.9. The van der Waals surface area contributed by atoms with E-state index in [-0.39, 0.29) is 6.61 Å². The molecule has 5 heteroatoms. The maximum absolute atomic E-state index is 11.5. The number of carbonyl (C=O) groups is 2. The highest BCUT2D eigenvalue weighted by Gasteiger charge is 2.02. The van der Waals surface area contributed by atoms with Gasteiger partial charge >= 0.3 is 11.9 Å². The maximum Gasteiger partial charge on any atom is 0.331 e. The van der Waals surface area contributed by atoms with Crippen LogP contribution in [0.4, 0.5) is 0 Å². The smallest absolute Gasteiger partial charge is 0.331 e. The van der Waals surface area contributed by atoms with Crippen LogP contribution in [0.1, 0.15) is 44.6 Å². The lowest BCUT2D eigenvalue weighted by Gasteiger charge is -2.03. The molecule has 0 aliphatic heterocycles.